The molecule has 4 aliphatic carbocycles. The second kappa shape index (κ2) is 4.54. The third-order valence-corrected chi connectivity index (χ3v) is 5.65. The van der Waals surface area contributed by atoms with Crippen LogP contribution in [0.25, 0.3) is 6.08 Å². The van der Waals surface area contributed by atoms with E-state index in [2.05, 4.69) is 4.98 Å². The minimum atomic E-state index is -0.0139. The summed E-state index contributed by atoms with van der Waals surface area (Å²) in [7, 11) is 0. The van der Waals surface area contributed by atoms with Gasteiger partial charge in [-0.1, -0.05) is 6.07 Å². The molecule has 4 saturated carbocycles. The second-order valence-electron chi connectivity index (χ2n) is 7.15. The van der Waals surface area contributed by atoms with Crippen molar-refractivity contribution < 1.29 is 4.79 Å². The lowest BCUT2D eigenvalue weighted by Gasteiger charge is -2.55. The van der Waals surface area contributed by atoms with Crippen molar-refractivity contribution in [3.63, 3.8) is 0 Å². The van der Waals surface area contributed by atoms with Crippen LogP contribution >= 0.6 is 0 Å². The maximum Gasteiger partial charge on any atom is 0.161 e. The molecule has 0 unspecified atom stereocenters. The molecule has 4 bridgehead atoms. The molecule has 1 heterocycles. The first kappa shape index (κ1) is 12.3. The van der Waals surface area contributed by atoms with E-state index in [0.29, 0.717) is 5.78 Å². The lowest BCUT2D eigenvalue weighted by atomic mass is 9.48. The molecule has 0 amide bonds. The molecule has 20 heavy (non-hydrogen) atoms. The van der Waals surface area contributed by atoms with Crippen LogP contribution < -0.4 is 0 Å². The van der Waals surface area contributed by atoms with Crippen LogP contribution in [-0.2, 0) is 4.79 Å². The third kappa shape index (κ3) is 2.02. The van der Waals surface area contributed by atoms with E-state index in [1.54, 1.807) is 12.3 Å². The van der Waals surface area contributed by atoms with Gasteiger partial charge >= 0.3 is 0 Å². The fourth-order valence-electron chi connectivity index (χ4n) is 5.22. The molecule has 0 aliphatic heterocycles. The molecular weight excluding hydrogens is 246 g/mol. The number of hydrogen-bond donors (Lipinski definition) is 0. The van der Waals surface area contributed by atoms with Crippen molar-refractivity contribution in [2.75, 3.05) is 0 Å². The van der Waals surface area contributed by atoms with E-state index in [-0.39, 0.29) is 5.41 Å². The van der Waals surface area contributed by atoms with Gasteiger partial charge in [-0.05, 0) is 80.6 Å². The predicted octanol–water partition coefficient (Wildman–Crippen LogP) is 3.88. The normalized spacial score (nSPS) is 38.5. The highest BCUT2D eigenvalue weighted by atomic mass is 16.1. The Labute approximate surface area is 120 Å². The lowest BCUT2D eigenvalue weighted by molar-refractivity contribution is -0.138. The number of hydrogen-bond acceptors (Lipinski definition) is 2. The van der Waals surface area contributed by atoms with Crippen LogP contribution in [0.15, 0.2) is 30.5 Å². The zero-order valence-electron chi connectivity index (χ0n) is 11.8. The number of carbonyl (C=O) groups excluding carboxylic acids is 1. The highest BCUT2D eigenvalue weighted by Gasteiger charge is 2.53. The van der Waals surface area contributed by atoms with E-state index in [4.69, 9.17) is 0 Å². The van der Waals surface area contributed by atoms with E-state index in [0.717, 1.165) is 42.7 Å². The van der Waals surface area contributed by atoms with Gasteiger partial charge in [0.05, 0.1) is 5.69 Å². The van der Waals surface area contributed by atoms with E-state index in [9.17, 15) is 4.79 Å². The van der Waals surface area contributed by atoms with E-state index in [1.165, 1.54) is 19.3 Å². The number of allylic oxidation sites excluding steroid dienone is 1. The minimum Gasteiger partial charge on any atom is -0.294 e. The smallest absolute Gasteiger partial charge is 0.161 e. The van der Waals surface area contributed by atoms with E-state index >= 15 is 0 Å². The molecular formula is C18H21NO. The van der Waals surface area contributed by atoms with Gasteiger partial charge in [-0.25, -0.2) is 0 Å². The fraction of sp³-hybridized carbons (Fsp3) is 0.556. The van der Waals surface area contributed by atoms with Crippen molar-refractivity contribution in [3.8, 4) is 0 Å². The summed E-state index contributed by atoms with van der Waals surface area (Å²) < 4.78 is 0. The maximum absolute atomic E-state index is 12.8. The molecule has 4 aliphatic rings. The molecule has 1 aromatic rings. The first-order chi connectivity index (χ1) is 9.73. The maximum atomic E-state index is 12.8. The zero-order chi connectivity index (χ0) is 13.6. The number of pyridine rings is 1. The standard InChI is InChI=1S/C18H21NO/c20-17(5-4-16-3-1-2-6-19-16)18-10-13-7-14(11-18)9-15(8-13)12-18/h1-6,13-15H,7-12H2/b5-4+. The summed E-state index contributed by atoms with van der Waals surface area (Å²) >= 11 is 0. The fourth-order valence-corrected chi connectivity index (χ4v) is 5.22. The average molecular weight is 267 g/mol. The van der Waals surface area contributed by atoms with Crippen LogP contribution in [-0.4, -0.2) is 10.8 Å². The summed E-state index contributed by atoms with van der Waals surface area (Å²) in [5.74, 6) is 2.85. The lowest BCUT2D eigenvalue weighted by Crippen LogP contribution is -2.49. The molecule has 0 saturated heterocycles. The third-order valence-electron chi connectivity index (χ3n) is 5.65. The number of carbonyl (C=O) groups is 1. The number of aromatic nitrogens is 1. The van der Waals surface area contributed by atoms with Gasteiger partial charge in [0.15, 0.2) is 5.78 Å². The van der Waals surface area contributed by atoms with Gasteiger partial charge < -0.3 is 0 Å². The monoisotopic (exact) mass is 267 g/mol. The highest BCUT2D eigenvalue weighted by Crippen LogP contribution is 2.60. The Morgan fingerprint density at radius 2 is 1.75 bits per heavy atom. The number of ketones is 1. The van der Waals surface area contributed by atoms with Crippen molar-refractivity contribution >= 4 is 11.9 Å². The summed E-state index contributed by atoms with van der Waals surface area (Å²) in [6.07, 6.45) is 13.0. The molecule has 0 radical (unpaired) electrons. The minimum absolute atomic E-state index is 0.0139. The van der Waals surface area contributed by atoms with Crippen LogP contribution in [0.3, 0.4) is 0 Å². The molecule has 0 N–H and O–H groups in total. The zero-order valence-corrected chi connectivity index (χ0v) is 11.8. The van der Waals surface area contributed by atoms with Gasteiger partial charge in [-0.2, -0.15) is 0 Å². The van der Waals surface area contributed by atoms with E-state index < -0.39 is 0 Å². The average Bonchev–Trinajstić information content (AvgIpc) is 2.44. The van der Waals surface area contributed by atoms with Crippen molar-refractivity contribution in [2.24, 2.45) is 23.2 Å². The van der Waals surface area contributed by atoms with Crippen LogP contribution in [0, 0.1) is 23.2 Å². The SMILES string of the molecule is O=C(/C=C/c1ccccn1)C12CC3CC(CC(C3)C1)C2. The molecule has 4 fully saturated rings. The summed E-state index contributed by atoms with van der Waals surface area (Å²) in [5.41, 5.74) is 0.866. The summed E-state index contributed by atoms with van der Waals surface area (Å²) in [4.78, 5) is 17.0. The predicted molar refractivity (Wildman–Crippen MR) is 78.9 cm³/mol. The molecule has 2 heteroatoms. The topological polar surface area (TPSA) is 30.0 Å². The Morgan fingerprint density at radius 3 is 2.30 bits per heavy atom. The quantitative estimate of drug-likeness (QED) is 0.778. The van der Waals surface area contributed by atoms with Gasteiger partial charge in [0.1, 0.15) is 0 Å². The summed E-state index contributed by atoms with van der Waals surface area (Å²) in [6, 6.07) is 5.81. The molecule has 0 spiro atoms. The molecule has 5 rings (SSSR count). The highest BCUT2D eigenvalue weighted by molar-refractivity contribution is 5.98. The Kier molecular flexibility index (Phi) is 2.80. The van der Waals surface area contributed by atoms with Crippen molar-refractivity contribution in [2.45, 2.75) is 38.5 Å². The van der Waals surface area contributed by atoms with Gasteiger partial charge in [-0.15, -0.1) is 0 Å². The Hall–Kier alpha value is -1.44. The van der Waals surface area contributed by atoms with Crippen LogP contribution in [0.5, 0.6) is 0 Å². The largest absolute Gasteiger partial charge is 0.294 e. The number of nitrogens with zero attached hydrogens (tertiary/aromatic N) is 1. The van der Waals surface area contributed by atoms with Crippen molar-refractivity contribution in [3.05, 3.63) is 36.2 Å². The van der Waals surface area contributed by atoms with Gasteiger partial charge in [0.2, 0.25) is 0 Å². The summed E-state index contributed by atoms with van der Waals surface area (Å²) in [6.45, 7) is 0. The molecule has 0 aromatic carbocycles. The molecule has 104 valence electrons. The molecule has 2 nitrogen and oxygen atoms in total. The Bertz CT molecular complexity index is 511. The van der Waals surface area contributed by atoms with Crippen LogP contribution in [0.1, 0.15) is 44.2 Å². The molecule has 1 aromatic heterocycles. The molecule has 0 atom stereocenters. The van der Waals surface area contributed by atoms with E-state index in [1.807, 2.05) is 24.3 Å². The first-order valence-electron chi connectivity index (χ1n) is 7.87. The number of rotatable bonds is 3. The van der Waals surface area contributed by atoms with Crippen LogP contribution in [0.4, 0.5) is 0 Å². The van der Waals surface area contributed by atoms with Crippen molar-refractivity contribution in [1.82, 2.24) is 4.98 Å². The van der Waals surface area contributed by atoms with Crippen molar-refractivity contribution in [1.29, 1.82) is 0 Å². The first-order valence-corrected chi connectivity index (χ1v) is 7.87. The second-order valence-corrected chi connectivity index (χ2v) is 7.15. The van der Waals surface area contributed by atoms with Gasteiger partial charge in [-0.3, -0.25) is 9.78 Å². The Balaban J connectivity index is 1.55. The Morgan fingerprint density at radius 1 is 1.10 bits per heavy atom. The van der Waals surface area contributed by atoms with Gasteiger partial charge in [0, 0.05) is 11.6 Å². The van der Waals surface area contributed by atoms with Crippen LogP contribution in [0.2, 0.25) is 0 Å². The van der Waals surface area contributed by atoms with Gasteiger partial charge in [0.25, 0.3) is 0 Å². The summed E-state index contributed by atoms with van der Waals surface area (Å²) in [5, 5.41) is 0.